The molecule has 5 atom stereocenters. The summed E-state index contributed by atoms with van der Waals surface area (Å²) in [6.45, 7) is 1.71. The maximum absolute atomic E-state index is 10.8. The van der Waals surface area contributed by atoms with E-state index in [0.717, 1.165) is 12.3 Å². The van der Waals surface area contributed by atoms with Gasteiger partial charge in [-0.25, -0.2) is 0 Å². The zero-order chi connectivity index (χ0) is 10.3. The van der Waals surface area contributed by atoms with Crippen molar-refractivity contribution < 1.29 is 14.6 Å². The number of hydrogen-bond acceptors (Lipinski definition) is 3. The average molecular weight is 199 g/mol. The van der Waals surface area contributed by atoms with E-state index in [-0.39, 0.29) is 12.1 Å². The Hall–Kier alpha value is -0.610. The summed E-state index contributed by atoms with van der Waals surface area (Å²) in [5.74, 6) is -0.437. The van der Waals surface area contributed by atoms with Crippen molar-refractivity contribution in [1.29, 1.82) is 0 Å². The van der Waals surface area contributed by atoms with E-state index < -0.39 is 11.9 Å². The van der Waals surface area contributed by atoms with E-state index in [4.69, 9.17) is 9.84 Å². The molecule has 4 heteroatoms. The number of carboxylic acids is 1. The second-order valence-corrected chi connectivity index (χ2v) is 4.44. The predicted octanol–water partition coefficient (Wildman–Crippen LogP) is 0.472. The number of aliphatic carboxylic acids is 1. The molecule has 0 aromatic heterocycles. The molecule has 0 radical (unpaired) electrons. The van der Waals surface area contributed by atoms with Gasteiger partial charge in [0.2, 0.25) is 0 Å². The lowest BCUT2D eigenvalue weighted by atomic mass is 9.95. The third-order valence-electron chi connectivity index (χ3n) is 3.46. The molecule has 0 spiro atoms. The maximum atomic E-state index is 10.8. The Kier molecular flexibility index (Phi) is 2.49. The van der Waals surface area contributed by atoms with Crippen LogP contribution >= 0.6 is 0 Å². The zero-order valence-corrected chi connectivity index (χ0v) is 8.56. The van der Waals surface area contributed by atoms with Gasteiger partial charge in [-0.15, -0.1) is 0 Å². The van der Waals surface area contributed by atoms with Gasteiger partial charge in [-0.2, -0.15) is 0 Å². The largest absolute Gasteiger partial charge is 0.481 e. The molecule has 4 nitrogen and oxygen atoms in total. The van der Waals surface area contributed by atoms with Gasteiger partial charge >= 0.3 is 5.97 Å². The second kappa shape index (κ2) is 3.51. The summed E-state index contributed by atoms with van der Waals surface area (Å²) < 4.78 is 5.28. The van der Waals surface area contributed by atoms with Crippen LogP contribution in [0.4, 0.5) is 0 Å². The first-order valence-electron chi connectivity index (χ1n) is 5.15. The zero-order valence-electron chi connectivity index (χ0n) is 8.56. The lowest BCUT2D eigenvalue weighted by Gasteiger charge is -2.27. The minimum Gasteiger partial charge on any atom is -0.481 e. The van der Waals surface area contributed by atoms with E-state index >= 15 is 0 Å². The highest BCUT2D eigenvalue weighted by Crippen LogP contribution is 2.42. The van der Waals surface area contributed by atoms with Crippen LogP contribution in [0.1, 0.15) is 19.8 Å². The highest BCUT2D eigenvalue weighted by atomic mass is 16.5. The number of fused-ring (bicyclic) bond motifs is 1. The van der Waals surface area contributed by atoms with Gasteiger partial charge in [0.25, 0.3) is 0 Å². The van der Waals surface area contributed by atoms with Crippen LogP contribution in [-0.4, -0.2) is 36.4 Å². The summed E-state index contributed by atoms with van der Waals surface area (Å²) in [6.07, 6.45) is 2.13. The van der Waals surface area contributed by atoms with E-state index in [0.29, 0.717) is 6.04 Å². The van der Waals surface area contributed by atoms with Gasteiger partial charge in [0.15, 0.2) is 0 Å². The first-order chi connectivity index (χ1) is 6.63. The highest BCUT2D eigenvalue weighted by molar-refractivity contribution is 5.70. The summed E-state index contributed by atoms with van der Waals surface area (Å²) in [7, 11) is 1.59. The van der Waals surface area contributed by atoms with E-state index in [1.807, 2.05) is 0 Å². The number of rotatable bonds is 4. The van der Waals surface area contributed by atoms with Crippen molar-refractivity contribution in [2.75, 3.05) is 7.11 Å². The van der Waals surface area contributed by atoms with Gasteiger partial charge in [-0.3, -0.25) is 4.79 Å². The van der Waals surface area contributed by atoms with Crippen molar-refractivity contribution in [3.05, 3.63) is 0 Å². The standard InChI is InChI=1S/C10H17NO3/c1-5(10(12)13)9(14-2)8-4-6-3-7(6)11-8/h5-9,11H,3-4H2,1-2H3,(H,12,13)/t5?,6-,7?,8?,9?/m1/s1. The molecule has 1 saturated heterocycles. The van der Waals surface area contributed by atoms with Gasteiger partial charge in [-0.1, -0.05) is 0 Å². The molecular weight excluding hydrogens is 182 g/mol. The summed E-state index contributed by atoms with van der Waals surface area (Å²) >= 11 is 0. The molecule has 2 rings (SSSR count). The summed E-state index contributed by atoms with van der Waals surface area (Å²) in [6, 6.07) is 0.869. The predicted molar refractivity (Wildman–Crippen MR) is 51.0 cm³/mol. The monoisotopic (exact) mass is 199 g/mol. The quantitative estimate of drug-likeness (QED) is 0.691. The molecule has 1 saturated carbocycles. The van der Waals surface area contributed by atoms with Crippen LogP contribution in [0.15, 0.2) is 0 Å². The smallest absolute Gasteiger partial charge is 0.308 e. The van der Waals surface area contributed by atoms with Crippen LogP contribution in [0.25, 0.3) is 0 Å². The molecule has 4 unspecified atom stereocenters. The number of carboxylic acid groups (broad SMARTS) is 1. The molecule has 2 fully saturated rings. The van der Waals surface area contributed by atoms with Crippen molar-refractivity contribution in [2.24, 2.45) is 11.8 Å². The lowest BCUT2D eigenvalue weighted by Crippen LogP contribution is -2.44. The molecule has 2 aliphatic rings. The van der Waals surface area contributed by atoms with Gasteiger partial charge in [0.1, 0.15) is 0 Å². The SMILES string of the molecule is COC(C1C[C@H]2CC2N1)C(C)C(=O)O. The number of carbonyl (C=O) groups is 1. The number of hydrogen-bond donors (Lipinski definition) is 2. The Morgan fingerprint density at radius 1 is 1.57 bits per heavy atom. The van der Waals surface area contributed by atoms with E-state index in [1.54, 1.807) is 14.0 Å². The van der Waals surface area contributed by atoms with E-state index in [9.17, 15) is 4.79 Å². The van der Waals surface area contributed by atoms with Crippen LogP contribution in [0.3, 0.4) is 0 Å². The Morgan fingerprint density at radius 3 is 2.71 bits per heavy atom. The summed E-state index contributed by atoms with van der Waals surface area (Å²) in [5.41, 5.74) is 0. The first kappa shape index (κ1) is 9.93. The van der Waals surface area contributed by atoms with Crippen molar-refractivity contribution in [1.82, 2.24) is 5.32 Å². The van der Waals surface area contributed by atoms with Crippen LogP contribution in [-0.2, 0) is 9.53 Å². The van der Waals surface area contributed by atoms with Crippen molar-refractivity contribution in [2.45, 2.75) is 38.0 Å². The molecule has 0 amide bonds. The van der Waals surface area contributed by atoms with Gasteiger partial charge < -0.3 is 15.2 Å². The molecule has 1 aliphatic carbocycles. The van der Waals surface area contributed by atoms with E-state index in [1.165, 1.54) is 6.42 Å². The number of methoxy groups -OCH3 is 1. The fourth-order valence-corrected chi connectivity index (χ4v) is 2.47. The molecule has 0 aromatic rings. The van der Waals surface area contributed by atoms with Crippen LogP contribution in [0.2, 0.25) is 0 Å². The Bertz CT molecular complexity index is 234. The molecule has 1 heterocycles. The van der Waals surface area contributed by atoms with Gasteiger partial charge in [-0.05, 0) is 25.7 Å². The van der Waals surface area contributed by atoms with Gasteiger partial charge in [0.05, 0.1) is 12.0 Å². The third-order valence-corrected chi connectivity index (χ3v) is 3.46. The normalized spacial score (nSPS) is 38.9. The molecule has 1 aliphatic heterocycles. The van der Waals surface area contributed by atoms with Crippen molar-refractivity contribution in [3.63, 3.8) is 0 Å². The van der Waals surface area contributed by atoms with Gasteiger partial charge in [0, 0.05) is 19.2 Å². The van der Waals surface area contributed by atoms with Crippen LogP contribution in [0, 0.1) is 11.8 Å². The first-order valence-corrected chi connectivity index (χ1v) is 5.15. The van der Waals surface area contributed by atoms with Crippen LogP contribution in [0.5, 0.6) is 0 Å². The maximum Gasteiger partial charge on any atom is 0.308 e. The fraction of sp³-hybridized carbons (Fsp3) is 0.900. The minimum absolute atomic E-state index is 0.194. The number of ether oxygens (including phenoxy) is 1. The fourth-order valence-electron chi connectivity index (χ4n) is 2.47. The Morgan fingerprint density at radius 2 is 2.29 bits per heavy atom. The average Bonchev–Trinajstić information content (AvgIpc) is 2.75. The molecule has 80 valence electrons. The minimum atomic E-state index is -0.778. The molecule has 14 heavy (non-hydrogen) atoms. The Labute approximate surface area is 83.6 Å². The van der Waals surface area contributed by atoms with E-state index in [2.05, 4.69) is 5.32 Å². The molecular formula is C10H17NO3. The molecule has 0 aromatic carbocycles. The third kappa shape index (κ3) is 1.64. The number of nitrogens with one attached hydrogen (secondary N) is 1. The summed E-state index contributed by atoms with van der Waals surface area (Å²) in [4.78, 5) is 10.8. The lowest BCUT2D eigenvalue weighted by molar-refractivity contribution is -0.146. The Balaban J connectivity index is 1.95. The summed E-state index contributed by atoms with van der Waals surface area (Å²) in [5, 5.41) is 12.3. The topological polar surface area (TPSA) is 58.6 Å². The second-order valence-electron chi connectivity index (χ2n) is 4.44. The molecule has 2 N–H and O–H groups in total. The molecule has 0 bridgehead atoms. The van der Waals surface area contributed by atoms with Crippen molar-refractivity contribution in [3.8, 4) is 0 Å². The van der Waals surface area contributed by atoms with Crippen molar-refractivity contribution >= 4 is 5.97 Å². The highest BCUT2D eigenvalue weighted by Gasteiger charge is 2.49. The van der Waals surface area contributed by atoms with Crippen LogP contribution < -0.4 is 5.32 Å². The number of piperidine rings is 1.